The van der Waals surface area contributed by atoms with Crippen molar-refractivity contribution < 1.29 is 13.2 Å². The number of aromatic nitrogens is 1. The fourth-order valence-electron chi connectivity index (χ4n) is 1.86. The molecule has 2 aromatic rings. The van der Waals surface area contributed by atoms with E-state index in [4.69, 9.17) is 5.73 Å². The summed E-state index contributed by atoms with van der Waals surface area (Å²) < 4.78 is 38.3. The maximum absolute atomic E-state index is 12.8. The zero-order valence-corrected chi connectivity index (χ0v) is 10.9. The second-order valence-electron chi connectivity index (χ2n) is 4.28. The molecule has 1 heterocycles. The molecule has 0 fully saturated rings. The highest BCUT2D eigenvalue weighted by Gasteiger charge is 2.33. The number of halogens is 3. The quantitative estimate of drug-likeness (QED) is 0.938. The van der Waals surface area contributed by atoms with Crippen molar-refractivity contribution in [2.75, 3.05) is 11.9 Å². The van der Waals surface area contributed by atoms with Gasteiger partial charge in [0.05, 0.1) is 0 Å². The number of hydrogen-bond donors (Lipinski definition) is 1. The van der Waals surface area contributed by atoms with E-state index in [9.17, 15) is 13.2 Å². The van der Waals surface area contributed by atoms with Crippen LogP contribution < -0.4 is 10.6 Å². The molecular formula is C14H14F3N3. The van der Waals surface area contributed by atoms with Crippen LogP contribution in [0.2, 0.25) is 0 Å². The van der Waals surface area contributed by atoms with Crippen molar-refractivity contribution in [2.45, 2.75) is 12.7 Å². The molecule has 0 aliphatic carbocycles. The number of pyridine rings is 1. The van der Waals surface area contributed by atoms with Crippen LogP contribution in [0.5, 0.6) is 0 Å². The molecule has 106 valence electrons. The van der Waals surface area contributed by atoms with Crippen molar-refractivity contribution in [2.24, 2.45) is 5.73 Å². The van der Waals surface area contributed by atoms with Gasteiger partial charge >= 0.3 is 6.18 Å². The second-order valence-corrected chi connectivity index (χ2v) is 4.28. The van der Waals surface area contributed by atoms with Gasteiger partial charge in [0, 0.05) is 24.8 Å². The van der Waals surface area contributed by atoms with E-state index in [1.807, 2.05) is 18.2 Å². The predicted molar refractivity (Wildman–Crippen MR) is 71.6 cm³/mol. The van der Waals surface area contributed by atoms with Crippen molar-refractivity contribution in [3.8, 4) is 0 Å². The number of para-hydroxylation sites is 1. The Kier molecular flexibility index (Phi) is 3.94. The first-order valence-corrected chi connectivity index (χ1v) is 5.99. The predicted octanol–water partition coefficient (Wildman–Crippen LogP) is 3.33. The first-order valence-electron chi connectivity index (χ1n) is 5.99. The Morgan fingerprint density at radius 2 is 1.75 bits per heavy atom. The molecule has 0 saturated heterocycles. The molecule has 0 amide bonds. The molecule has 0 unspecified atom stereocenters. The molecule has 2 N–H and O–H groups in total. The normalized spacial score (nSPS) is 11.4. The van der Waals surface area contributed by atoms with Crippen LogP contribution in [0.3, 0.4) is 0 Å². The summed E-state index contributed by atoms with van der Waals surface area (Å²) >= 11 is 0. The third-order valence-electron chi connectivity index (χ3n) is 2.93. The molecule has 0 atom stereocenters. The molecule has 0 spiro atoms. The van der Waals surface area contributed by atoms with Gasteiger partial charge in [-0.3, -0.25) is 0 Å². The van der Waals surface area contributed by atoms with Crippen molar-refractivity contribution >= 4 is 11.5 Å². The van der Waals surface area contributed by atoms with Gasteiger partial charge in [-0.15, -0.1) is 0 Å². The first kappa shape index (κ1) is 14.3. The van der Waals surface area contributed by atoms with Crippen molar-refractivity contribution in [3.63, 3.8) is 0 Å². The summed E-state index contributed by atoms with van der Waals surface area (Å²) in [5, 5.41) is 0. The summed E-state index contributed by atoms with van der Waals surface area (Å²) in [5.41, 5.74) is 5.96. The van der Waals surface area contributed by atoms with E-state index in [1.165, 1.54) is 6.07 Å². The molecule has 1 aromatic heterocycles. The van der Waals surface area contributed by atoms with Gasteiger partial charge in [0.2, 0.25) is 0 Å². The second kappa shape index (κ2) is 5.50. The van der Waals surface area contributed by atoms with Crippen molar-refractivity contribution in [1.82, 2.24) is 4.98 Å². The van der Waals surface area contributed by atoms with Crippen LogP contribution in [0.25, 0.3) is 0 Å². The number of benzene rings is 1. The molecule has 0 saturated carbocycles. The Bertz CT molecular complexity index is 582. The minimum absolute atomic E-state index is 0.123. The summed E-state index contributed by atoms with van der Waals surface area (Å²) in [7, 11) is 1.66. The zero-order valence-electron chi connectivity index (χ0n) is 10.9. The van der Waals surface area contributed by atoms with E-state index >= 15 is 0 Å². The van der Waals surface area contributed by atoms with Gasteiger partial charge in [0.1, 0.15) is 11.5 Å². The summed E-state index contributed by atoms with van der Waals surface area (Å²) in [4.78, 5) is 5.31. The Hall–Kier alpha value is -2.08. The van der Waals surface area contributed by atoms with Gasteiger partial charge in [-0.25, -0.2) is 4.98 Å². The summed E-state index contributed by atoms with van der Waals surface area (Å²) in [5.74, 6) is 0.216. The summed E-state index contributed by atoms with van der Waals surface area (Å²) in [6.45, 7) is 0.123. The highest BCUT2D eigenvalue weighted by molar-refractivity contribution is 5.62. The Morgan fingerprint density at radius 1 is 1.10 bits per heavy atom. The smallest absolute Gasteiger partial charge is 0.329 e. The molecule has 2 rings (SSSR count). The monoisotopic (exact) mass is 281 g/mol. The van der Waals surface area contributed by atoms with Gasteiger partial charge < -0.3 is 10.6 Å². The third kappa shape index (κ3) is 2.91. The maximum atomic E-state index is 12.8. The van der Waals surface area contributed by atoms with Crippen LogP contribution in [0.4, 0.5) is 24.7 Å². The number of hydrogen-bond acceptors (Lipinski definition) is 3. The van der Waals surface area contributed by atoms with Crippen molar-refractivity contribution in [1.29, 1.82) is 0 Å². The molecule has 3 nitrogen and oxygen atoms in total. The highest BCUT2D eigenvalue weighted by Crippen LogP contribution is 2.32. The fourth-order valence-corrected chi connectivity index (χ4v) is 1.86. The summed E-state index contributed by atoms with van der Waals surface area (Å²) in [6, 6.07) is 11.4. The minimum Gasteiger partial charge on any atom is -0.329 e. The van der Waals surface area contributed by atoms with E-state index in [0.717, 1.165) is 11.8 Å². The number of alkyl halides is 3. The van der Waals surface area contributed by atoms with E-state index < -0.39 is 11.9 Å². The average Bonchev–Trinajstić information content (AvgIpc) is 2.45. The van der Waals surface area contributed by atoms with E-state index in [-0.39, 0.29) is 12.4 Å². The highest BCUT2D eigenvalue weighted by atomic mass is 19.4. The first-order chi connectivity index (χ1) is 9.43. The molecule has 0 aliphatic heterocycles. The molecular weight excluding hydrogens is 267 g/mol. The van der Waals surface area contributed by atoms with Crippen LogP contribution in [0.1, 0.15) is 11.3 Å². The SMILES string of the molecule is CN(c1ccccc1)c1nc(C(F)(F)F)ccc1CN. The standard InChI is InChI=1S/C14H14F3N3/c1-20(11-5-3-2-4-6-11)13-10(9-18)7-8-12(19-13)14(15,16)17/h2-8H,9,18H2,1H3. The maximum Gasteiger partial charge on any atom is 0.433 e. The Labute approximate surface area is 114 Å². The van der Waals surface area contributed by atoms with Gasteiger partial charge in [0.25, 0.3) is 0 Å². The number of nitrogens with zero attached hydrogens (tertiary/aromatic N) is 2. The number of rotatable bonds is 3. The largest absolute Gasteiger partial charge is 0.433 e. The van der Waals surface area contributed by atoms with Crippen LogP contribution in [0, 0.1) is 0 Å². The lowest BCUT2D eigenvalue weighted by atomic mass is 10.2. The average molecular weight is 281 g/mol. The van der Waals surface area contributed by atoms with E-state index in [1.54, 1.807) is 24.1 Å². The van der Waals surface area contributed by atoms with E-state index in [0.29, 0.717) is 5.56 Å². The van der Waals surface area contributed by atoms with Crippen LogP contribution in [-0.4, -0.2) is 12.0 Å². The Balaban J connectivity index is 2.48. The van der Waals surface area contributed by atoms with Crippen LogP contribution >= 0.6 is 0 Å². The molecule has 20 heavy (non-hydrogen) atoms. The van der Waals surface area contributed by atoms with Crippen LogP contribution in [-0.2, 0) is 12.7 Å². The fraction of sp³-hybridized carbons (Fsp3) is 0.214. The lowest BCUT2D eigenvalue weighted by molar-refractivity contribution is -0.141. The zero-order chi connectivity index (χ0) is 14.8. The van der Waals surface area contributed by atoms with Gasteiger partial charge in [-0.05, 0) is 18.2 Å². The third-order valence-corrected chi connectivity index (χ3v) is 2.93. The molecule has 0 radical (unpaired) electrons. The molecule has 0 aliphatic rings. The van der Waals surface area contributed by atoms with Gasteiger partial charge in [0.15, 0.2) is 0 Å². The minimum atomic E-state index is -4.47. The summed E-state index contributed by atoms with van der Waals surface area (Å²) in [6.07, 6.45) is -4.47. The lowest BCUT2D eigenvalue weighted by Crippen LogP contribution is -2.18. The van der Waals surface area contributed by atoms with E-state index in [2.05, 4.69) is 4.98 Å². The van der Waals surface area contributed by atoms with Gasteiger partial charge in [-0.1, -0.05) is 24.3 Å². The molecule has 6 heteroatoms. The number of anilines is 2. The molecule has 1 aromatic carbocycles. The molecule has 0 bridgehead atoms. The number of nitrogens with two attached hydrogens (primary N) is 1. The Morgan fingerprint density at radius 3 is 2.30 bits per heavy atom. The topological polar surface area (TPSA) is 42.2 Å². The van der Waals surface area contributed by atoms with Crippen LogP contribution in [0.15, 0.2) is 42.5 Å². The van der Waals surface area contributed by atoms with Crippen molar-refractivity contribution in [3.05, 3.63) is 53.7 Å². The lowest BCUT2D eigenvalue weighted by Gasteiger charge is -2.22. The van der Waals surface area contributed by atoms with Gasteiger partial charge in [-0.2, -0.15) is 13.2 Å².